The van der Waals surface area contributed by atoms with Crippen LogP contribution in [0.15, 0.2) is 36.0 Å². The summed E-state index contributed by atoms with van der Waals surface area (Å²) in [6.07, 6.45) is 5.31. The number of nitriles is 1. The van der Waals surface area contributed by atoms with Crippen LogP contribution in [0.5, 0.6) is 5.75 Å². The van der Waals surface area contributed by atoms with Gasteiger partial charge in [-0.15, -0.1) is 28.1 Å². The summed E-state index contributed by atoms with van der Waals surface area (Å²) in [5.41, 5.74) is 1.70. The van der Waals surface area contributed by atoms with Crippen molar-refractivity contribution in [3.05, 3.63) is 62.7 Å². The van der Waals surface area contributed by atoms with Crippen LogP contribution < -0.4 is 10.1 Å². The zero-order valence-corrected chi connectivity index (χ0v) is 22.2. The van der Waals surface area contributed by atoms with E-state index in [2.05, 4.69) is 28.2 Å². The Balaban J connectivity index is 1.45. The minimum atomic E-state index is -0.475. The first-order chi connectivity index (χ1) is 16.9. The largest absolute Gasteiger partial charge is 0.481 e. The van der Waals surface area contributed by atoms with Gasteiger partial charge in [0.2, 0.25) is 5.91 Å². The van der Waals surface area contributed by atoms with Crippen molar-refractivity contribution in [1.29, 1.82) is 5.26 Å². The fourth-order valence-electron chi connectivity index (χ4n) is 3.88. The molecule has 7 nitrogen and oxygen atoms in total. The van der Waals surface area contributed by atoms with E-state index in [1.807, 2.05) is 11.5 Å². The van der Waals surface area contributed by atoms with Gasteiger partial charge >= 0.3 is 0 Å². The highest BCUT2D eigenvalue weighted by Gasteiger charge is 2.23. The van der Waals surface area contributed by atoms with Gasteiger partial charge in [-0.1, -0.05) is 41.0 Å². The van der Waals surface area contributed by atoms with Gasteiger partial charge in [-0.05, 0) is 50.3 Å². The Morgan fingerprint density at radius 3 is 2.97 bits per heavy atom. The molecule has 0 fully saturated rings. The van der Waals surface area contributed by atoms with Crippen LogP contribution >= 0.6 is 46.3 Å². The second-order valence-electron chi connectivity index (χ2n) is 7.94. The fourth-order valence-corrected chi connectivity index (χ4v) is 6.22. The molecule has 0 saturated heterocycles. The lowest BCUT2D eigenvalue weighted by molar-refractivity contribution is -0.113. The molecule has 1 amide bonds. The summed E-state index contributed by atoms with van der Waals surface area (Å²) < 4.78 is 7.84. The number of hydrogen-bond acceptors (Lipinski definition) is 7. The summed E-state index contributed by atoms with van der Waals surface area (Å²) in [5.74, 6) is 0.939. The van der Waals surface area contributed by atoms with Crippen molar-refractivity contribution in [2.24, 2.45) is 0 Å². The smallest absolute Gasteiger partial charge is 0.235 e. The Kier molecular flexibility index (Phi) is 8.39. The molecule has 1 unspecified atom stereocenters. The number of amides is 1. The third kappa shape index (κ3) is 5.84. The predicted octanol–water partition coefficient (Wildman–Crippen LogP) is 6.45. The van der Waals surface area contributed by atoms with Crippen LogP contribution in [0.25, 0.3) is 0 Å². The number of fused-ring (bicyclic) bond motifs is 1. The van der Waals surface area contributed by atoms with Crippen LogP contribution in [0, 0.1) is 11.3 Å². The first-order valence-corrected chi connectivity index (χ1v) is 13.6. The Morgan fingerprint density at radius 2 is 2.20 bits per heavy atom. The number of ether oxygens (including phenoxy) is 1. The molecule has 1 N–H and O–H groups in total. The van der Waals surface area contributed by atoms with Gasteiger partial charge in [-0.2, -0.15) is 5.26 Å². The molecule has 1 atom stereocenters. The number of nitrogens with zero attached hydrogens (tertiary/aromatic N) is 4. The molecule has 2 heterocycles. The number of carbonyl (C=O) groups excluding carboxylic acids is 1. The molecule has 2 aromatic heterocycles. The average molecular weight is 549 g/mol. The van der Waals surface area contributed by atoms with Crippen molar-refractivity contribution in [3.8, 4) is 11.8 Å². The van der Waals surface area contributed by atoms with Crippen molar-refractivity contribution in [1.82, 2.24) is 14.8 Å². The third-order valence-electron chi connectivity index (χ3n) is 5.49. The van der Waals surface area contributed by atoms with Gasteiger partial charge in [0.25, 0.3) is 0 Å². The Bertz CT molecular complexity index is 1300. The first kappa shape index (κ1) is 25.6. The maximum Gasteiger partial charge on any atom is 0.235 e. The molecule has 0 radical (unpaired) electrons. The van der Waals surface area contributed by atoms with Crippen LogP contribution in [-0.2, 0) is 24.2 Å². The van der Waals surface area contributed by atoms with Crippen molar-refractivity contribution in [3.63, 3.8) is 0 Å². The van der Waals surface area contributed by atoms with Crippen LogP contribution in [0.3, 0.4) is 0 Å². The maximum atomic E-state index is 12.7. The topological polar surface area (TPSA) is 92.8 Å². The van der Waals surface area contributed by atoms with Gasteiger partial charge in [-0.25, -0.2) is 0 Å². The molecule has 0 bridgehead atoms. The van der Waals surface area contributed by atoms with Crippen LogP contribution in [0.4, 0.5) is 5.00 Å². The molecule has 1 aliphatic rings. The molecule has 0 saturated carbocycles. The summed E-state index contributed by atoms with van der Waals surface area (Å²) in [4.78, 5) is 13.9. The van der Waals surface area contributed by atoms with Gasteiger partial charge in [0, 0.05) is 22.5 Å². The van der Waals surface area contributed by atoms with E-state index in [0.29, 0.717) is 43.9 Å². The van der Waals surface area contributed by atoms with E-state index in [9.17, 15) is 10.1 Å². The molecule has 1 aromatic carbocycles. The fraction of sp³-hybridized carbons (Fsp3) is 0.333. The minimum Gasteiger partial charge on any atom is -0.481 e. The Labute approximate surface area is 222 Å². The lowest BCUT2D eigenvalue weighted by Crippen LogP contribution is -2.15. The van der Waals surface area contributed by atoms with E-state index < -0.39 is 6.10 Å². The van der Waals surface area contributed by atoms with Gasteiger partial charge in [0.05, 0.1) is 16.3 Å². The standard InChI is InChI=1S/C24H23Cl2N5O2S2/c1-3-10-31-22(14(2)33-19-11-15(25)8-9-18(19)26)29-30-24(31)34-13-21(32)28-23-17(12-27)16-6-4-5-7-20(16)35-23/h3,8-9,11,14H,1,4-7,10,13H2,2H3,(H,28,32). The number of allylic oxidation sites excluding steroid dienone is 1. The van der Waals surface area contributed by atoms with E-state index in [0.717, 1.165) is 31.2 Å². The zero-order valence-electron chi connectivity index (χ0n) is 19.0. The minimum absolute atomic E-state index is 0.123. The highest BCUT2D eigenvalue weighted by atomic mass is 35.5. The molecule has 11 heteroatoms. The first-order valence-electron chi connectivity index (χ1n) is 11.0. The number of carbonyl (C=O) groups is 1. The predicted molar refractivity (Wildman–Crippen MR) is 141 cm³/mol. The van der Waals surface area contributed by atoms with Crippen LogP contribution in [0.1, 0.15) is 47.7 Å². The highest BCUT2D eigenvalue weighted by Crippen LogP contribution is 2.38. The van der Waals surface area contributed by atoms with Gasteiger partial charge in [0.15, 0.2) is 17.1 Å². The zero-order chi connectivity index (χ0) is 24.9. The molecule has 35 heavy (non-hydrogen) atoms. The number of aryl methyl sites for hydroxylation is 1. The van der Waals surface area contributed by atoms with E-state index in [1.165, 1.54) is 28.0 Å². The van der Waals surface area contributed by atoms with Gasteiger partial charge in [-0.3, -0.25) is 9.36 Å². The number of nitrogens with one attached hydrogen (secondary N) is 1. The summed E-state index contributed by atoms with van der Waals surface area (Å²) >= 11 is 15.1. The van der Waals surface area contributed by atoms with Crippen molar-refractivity contribution >= 4 is 57.2 Å². The normalized spacial score (nSPS) is 13.5. The number of hydrogen-bond donors (Lipinski definition) is 1. The van der Waals surface area contributed by atoms with Gasteiger partial charge < -0.3 is 10.1 Å². The van der Waals surface area contributed by atoms with E-state index in [4.69, 9.17) is 27.9 Å². The third-order valence-corrected chi connectivity index (χ3v) is 8.21. The number of thiophene rings is 1. The summed E-state index contributed by atoms with van der Waals surface area (Å²) in [7, 11) is 0. The lowest BCUT2D eigenvalue weighted by atomic mass is 9.96. The van der Waals surface area contributed by atoms with E-state index in [-0.39, 0.29) is 11.7 Å². The second-order valence-corrected chi connectivity index (χ2v) is 10.8. The maximum absolute atomic E-state index is 12.7. The number of rotatable bonds is 9. The summed E-state index contributed by atoms with van der Waals surface area (Å²) in [5, 5.41) is 23.2. The van der Waals surface area contributed by atoms with Gasteiger partial charge in [0.1, 0.15) is 16.8 Å². The Morgan fingerprint density at radius 1 is 1.40 bits per heavy atom. The number of aromatic nitrogens is 3. The van der Waals surface area contributed by atoms with Crippen molar-refractivity contribution in [2.45, 2.75) is 50.4 Å². The quantitative estimate of drug-likeness (QED) is 0.244. The van der Waals surface area contributed by atoms with Crippen LogP contribution in [0.2, 0.25) is 10.0 Å². The van der Waals surface area contributed by atoms with Crippen molar-refractivity contribution in [2.75, 3.05) is 11.1 Å². The molecule has 0 aliphatic heterocycles. The molecule has 4 rings (SSSR count). The molecular formula is C24H23Cl2N5O2S2. The molecule has 1 aliphatic carbocycles. The number of thioether (sulfide) groups is 1. The monoisotopic (exact) mass is 547 g/mol. The lowest BCUT2D eigenvalue weighted by Gasteiger charge is -2.16. The van der Waals surface area contributed by atoms with Crippen molar-refractivity contribution < 1.29 is 9.53 Å². The van der Waals surface area contributed by atoms with E-state index >= 15 is 0 Å². The molecule has 3 aromatic rings. The van der Waals surface area contributed by atoms with E-state index in [1.54, 1.807) is 24.3 Å². The highest BCUT2D eigenvalue weighted by molar-refractivity contribution is 7.99. The SMILES string of the molecule is C=CCn1c(SCC(=O)Nc2sc3c(c2C#N)CCCC3)nnc1C(C)Oc1cc(Cl)ccc1Cl. The second kappa shape index (κ2) is 11.5. The molecule has 0 spiro atoms. The summed E-state index contributed by atoms with van der Waals surface area (Å²) in [6.45, 7) is 6.10. The molecule has 182 valence electrons. The average Bonchev–Trinajstić information content (AvgIpc) is 3.40. The Hall–Kier alpha value is -2.51. The summed E-state index contributed by atoms with van der Waals surface area (Å²) in [6, 6.07) is 7.27. The number of anilines is 1. The number of benzene rings is 1. The molecular weight excluding hydrogens is 525 g/mol. The van der Waals surface area contributed by atoms with Crippen LogP contribution in [-0.4, -0.2) is 26.4 Å². The number of halogens is 2.